The van der Waals surface area contributed by atoms with Crippen LogP contribution in [0.5, 0.6) is 0 Å². The highest BCUT2D eigenvalue weighted by atomic mass is 79.9. The third kappa shape index (κ3) is 1.44. The lowest BCUT2D eigenvalue weighted by Crippen LogP contribution is -1.83. The Hall–Kier alpha value is -0.630. The molecule has 1 aliphatic carbocycles. The van der Waals surface area contributed by atoms with Gasteiger partial charge in [0.2, 0.25) is 0 Å². The van der Waals surface area contributed by atoms with Crippen molar-refractivity contribution < 1.29 is 4.79 Å². The zero-order chi connectivity index (χ0) is 8.55. The van der Waals surface area contributed by atoms with Gasteiger partial charge in [-0.3, -0.25) is 0 Å². The first-order chi connectivity index (χ1) is 5.81. The van der Waals surface area contributed by atoms with Crippen molar-refractivity contribution in [3.05, 3.63) is 34.3 Å². The van der Waals surface area contributed by atoms with Crippen LogP contribution in [0.1, 0.15) is 17.9 Å². The van der Waals surface area contributed by atoms with Crippen LogP contribution in [0.2, 0.25) is 0 Å². The molecule has 0 aromatic heterocycles. The monoisotopic (exact) mass is 224 g/mol. The average molecular weight is 225 g/mol. The fraction of sp³-hybridized carbons (Fsp3) is 0.300. The molecule has 12 heavy (non-hydrogen) atoms. The Morgan fingerprint density at radius 2 is 2.33 bits per heavy atom. The van der Waals surface area contributed by atoms with Crippen molar-refractivity contribution in [3.63, 3.8) is 0 Å². The molecule has 0 aliphatic heterocycles. The molecule has 1 saturated carbocycles. The molecule has 62 valence electrons. The highest BCUT2D eigenvalue weighted by molar-refractivity contribution is 9.10. The molecular formula is C10H9BrO. The summed E-state index contributed by atoms with van der Waals surface area (Å²) in [7, 11) is 0. The van der Waals surface area contributed by atoms with Crippen LogP contribution in [-0.2, 0) is 4.79 Å². The number of benzene rings is 1. The molecule has 0 heterocycles. The van der Waals surface area contributed by atoms with Crippen molar-refractivity contribution in [1.82, 2.24) is 0 Å². The van der Waals surface area contributed by atoms with Crippen molar-refractivity contribution in [2.45, 2.75) is 12.3 Å². The number of hydrogen-bond donors (Lipinski definition) is 0. The van der Waals surface area contributed by atoms with E-state index in [9.17, 15) is 4.79 Å². The van der Waals surface area contributed by atoms with E-state index in [2.05, 4.69) is 28.1 Å². The average Bonchev–Trinajstić information content (AvgIpc) is 2.83. The van der Waals surface area contributed by atoms with E-state index in [1.54, 1.807) is 0 Å². The summed E-state index contributed by atoms with van der Waals surface area (Å²) < 4.78 is 1.09. The van der Waals surface area contributed by atoms with E-state index < -0.39 is 0 Å². The Labute approximate surface area is 79.9 Å². The molecule has 0 bridgehead atoms. The summed E-state index contributed by atoms with van der Waals surface area (Å²) in [6.45, 7) is 0. The van der Waals surface area contributed by atoms with Gasteiger partial charge in [0.15, 0.2) is 0 Å². The minimum Gasteiger partial charge on any atom is -0.303 e. The third-order valence-electron chi connectivity index (χ3n) is 2.29. The lowest BCUT2D eigenvalue weighted by atomic mass is 10.1. The molecule has 2 rings (SSSR count). The second-order valence-corrected chi connectivity index (χ2v) is 4.11. The number of aldehydes is 1. The van der Waals surface area contributed by atoms with Crippen molar-refractivity contribution >= 4 is 22.2 Å². The van der Waals surface area contributed by atoms with Gasteiger partial charge in [0.25, 0.3) is 0 Å². The lowest BCUT2D eigenvalue weighted by molar-refractivity contribution is -0.108. The van der Waals surface area contributed by atoms with Crippen LogP contribution < -0.4 is 0 Å². The van der Waals surface area contributed by atoms with E-state index in [0.29, 0.717) is 5.92 Å². The molecule has 1 aromatic carbocycles. The highest BCUT2D eigenvalue weighted by Gasteiger charge is 2.37. The second kappa shape index (κ2) is 3.02. The molecule has 1 nitrogen and oxygen atoms in total. The van der Waals surface area contributed by atoms with Gasteiger partial charge in [-0.15, -0.1) is 0 Å². The van der Waals surface area contributed by atoms with Gasteiger partial charge in [0.1, 0.15) is 6.29 Å². The van der Waals surface area contributed by atoms with Crippen LogP contribution in [0.15, 0.2) is 28.7 Å². The van der Waals surface area contributed by atoms with Gasteiger partial charge < -0.3 is 4.79 Å². The summed E-state index contributed by atoms with van der Waals surface area (Å²) in [6, 6.07) is 8.19. The summed E-state index contributed by atoms with van der Waals surface area (Å²) in [6.07, 6.45) is 2.09. The highest BCUT2D eigenvalue weighted by Crippen LogP contribution is 2.46. The van der Waals surface area contributed by atoms with Crippen molar-refractivity contribution in [1.29, 1.82) is 0 Å². The third-order valence-corrected chi connectivity index (χ3v) is 2.78. The number of rotatable bonds is 2. The van der Waals surface area contributed by atoms with Crippen LogP contribution in [0.3, 0.4) is 0 Å². The van der Waals surface area contributed by atoms with Gasteiger partial charge in [-0.2, -0.15) is 0 Å². The lowest BCUT2D eigenvalue weighted by Gasteiger charge is -1.97. The number of carbonyl (C=O) groups is 1. The van der Waals surface area contributed by atoms with Gasteiger partial charge in [-0.1, -0.05) is 28.1 Å². The van der Waals surface area contributed by atoms with E-state index in [1.807, 2.05) is 12.1 Å². The Kier molecular flexibility index (Phi) is 2.01. The van der Waals surface area contributed by atoms with Crippen LogP contribution >= 0.6 is 15.9 Å². The first-order valence-electron chi connectivity index (χ1n) is 4.02. The maximum absolute atomic E-state index is 10.4. The predicted octanol–water partition coefficient (Wildman–Crippen LogP) is 2.75. The van der Waals surface area contributed by atoms with E-state index >= 15 is 0 Å². The molecule has 1 aromatic rings. The minimum absolute atomic E-state index is 0.277. The second-order valence-electron chi connectivity index (χ2n) is 3.20. The smallest absolute Gasteiger partial charge is 0.123 e. The zero-order valence-corrected chi connectivity index (χ0v) is 8.12. The fourth-order valence-corrected chi connectivity index (χ4v) is 1.90. The standard InChI is InChI=1S/C10H9BrO/c11-9-3-1-2-7(4-9)10-5-8(10)6-12/h1-4,6,8,10H,5H2/t8-,10+/m1/s1. The topological polar surface area (TPSA) is 17.1 Å². The largest absolute Gasteiger partial charge is 0.303 e. The number of hydrogen-bond acceptors (Lipinski definition) is 1. The summed E-state index contributed by atoms with van der Waals surface area (Å²) in [5, 5.41) is 0. The summed E-state index contributed by atoms with van der Waals surface area (Å²) >= 11 is 3.41. The molecular weight excluding hydrogens is 216 g/mol. The first-order valence-corrected chi connectivity index (χ1v) is 4.81. The summed E-state index contributed by atoms with van der Waals surface area (Å²) in [5.74, 6) is 0.763. The molecule has 2 heteroatoms. The van der Waals surface area contributed by atoms with E-state index in [4.69, 9.17) is 0 Å². The maximum atomic E-state index is 10.4. The van der Waals surface area contributed by atoms with Gasteiger partial charge in [-0.25, -0.2) is 0 Å². The Balaban J connectivity index is 2.19. The molecule has 0 spiro atoms. The maximum Gasteiger partial charge on any atom is 0.123 e. The number of carbonyl (C=O) groups excluding carboxylic acids is 1. The Bertz CT molecular complexity index is 308. The normalized spacial score (nSPS) is 26.8. The van der Waals surface area contributed by atoms with E-state index in [0.717, 1.165) is 17.2 Å². The van der Waals surface area contributed by atoms with Crippen LogP contribution in [0.4, 0.5) is 0 Å². The van der Waals surface area contributed by atoms with Crippen LogP contribution in [-0.4, -0.2) is 6.29 Å². The van der Waals surface area contributed by atoms with Crippen LogP contribution in [0.25, 0.3) is 0 Å². The van der Waals surface area contributed by atoms with E-state index in [-0.39, 0.29) is 5.92 Å². The molecule has 0 N–H and O–H groups in total. The summed E-state index contributed by atoms with van der Waals surface area (Å²) in [5.41, 5.74) is 1.28. The molecule has 0 saturated heterocycles. The van der Waals surface area contributed by atoms with Gasteiger partial charge in [0.05, 0.1) is 0 Å². The van der Waals surface area contributed by atoms with Gasteiger partial charge in [-0.05, 0) is 30.0 Å². The van der Waals surface area contributed by atoms with Crippen molar-refractivity contribution in [3.8, 4) is 0 Å². The Morgan fingerprint density at radius 1 is 1.50 bits per heavy atom. The molecule has 1 aliphatic rings. The van der Waals surface area contributed by atoms with Crippen molar-refractivity contribution in [2.24, 2.45) is 5.92 Å². The molecule has 0 radical (unpaired) electrons. The van der Waals surface area contributed by atoms with Gasteiger partial charge >= 0.3 is 0 Å². The Morgan fingerprint density at radius 3 is 2.92 bits per heavy atom. The fourth-order valence-electron chi connectivity index (χ4n) is 1.49. The zero-order valence-electron chi connectivity index (χ0n) is 6.53. The quantitative estimate of drug-likeness (QED) is 0.707. The number of halogens is 1. The predicted molar refractivity (Wildman–Crippen MR) is 51.1 cm³/mol. The molecule has 1 fully saturated rings. The molecule has 2 atom stereocenters. The van der Waals surface area contributed by atoms with E-state index in [1.165, 1.54) is 5.56 Å². The van der Waals surface area contributed by atoms with Crippen LogP contribution in [0, 0.1) is 5.92 Å². The summed E-state index contributed by atoms with van der Waals surface area (Å²) in [4.78, 5) is 10.4. The molecule has 0 unspecified atom stereocenters. The first kappa shape index (κ1) is 7.99. The molecule has 0 amide bonds. The minimum atomic E-state index is 0.277. The SMILES string of the molecule is O=C[C@H]1C[C@H]1c1cccc(Br)c1. The van der Waals surface area contributed by atoms with Crippen molar-refractivity contribution in [2.75, 3.05) is 0 Å². The van der Waals surface area contributed by atoms with Gasteiger partial charge in [0, 0.05) is 10.4 Å².